The summed E-state index contributed by atoms with van der Waals surface area (Å²) in [7, 11) is 0. The Labute approximate surface area is 157 Å². The fourth-order valence-electron chi connectivity index (χ4n) is 1.93. The number of para-hydroxylation sites is 2. The van der Waals surface area contributed by atoms with E-state index in [0.29, 0.717) is 0 Å². The van der Waals surface area contributed by atoms with Crippen LogP contribution in [0.1, 0.15) is 11.1 Å². The molecule has 0 aromatic heterocycles. The van der Waals surface area contributed by atoms with Gasteiger partial charge in [0.25, 0.3) is 11.4 Å². The molecule has 2 rings (SSSR count). The molecule has 2 aromatic carbocycles. The molecule has 12 heteroatoms. The molecule has 142 valence electrons. The Morgan fingerprint density at radius 3 is 1.46 bits per heavy atom. The first kappa shape index (κ1) is 19.8. The van der Waals surface area contributed by atoms with E-state index in [-0.39, 0.29) is 34.2 Å². The van der Waals surface area contributed by atoms with Gasteiger partial charge in [0.2, 0.25) is 0 Å². The SMILES string of the molecule is NC(=N/N=C/c1ccccc1[N+](=O)[O-])C(N)=N/N=C/c1ccccc1[N+](=O)[O-]. The monoisotopic (exact) mass is 382 g/mol. The highest BCUT2D eigenvalue weighted by atomic mass is 16.6. The summed E-state index contributed by atoms with van der Waals surface area (Å²) in [5.74, 6) is -0.566. The van der Waals surface area contributed by atoms with E-state index in [2.05, 4.69) is 20.4 Å². The third kappa shape index (κ3) is 5.26. The maximum Gasteiger partial charge on any atom is 0.278 e. The number of rotatable bonds is 6. The van der Waals surface area contributed by atoms with Crippen LogP contribution in [0.2, 0.25) is 0 Å². The Bertz CT molecular complexity index is 932. The van der Waals surface area contributed by atoms with Crippen LogP contribution < -0.4 is 11.5 Å². The van der Waals surface area contributed by atoms with E-state index in [1.165, 1.54) is 36.4 Å². The Morgan fingerprint density at radius 1 is 0.750 bits per heavy atom. The van der Waals surface area contributed by atoms with E-state index in [1.54, 1.807) is 12.1 Å². The predicted octanol–water partition coefficient (Wildman–Crippen LogP) is 1.59. The summed E-state index contributed by atoms with van der Waals surface area (Å²) in [5, 5.41) is 36.3. The van der Waals surface area contributed by atoms with Crippen molar-refractivity contribution in [2.24, 2.45) is 31.9 Å². The van der Waals surface area contributed by atoms with Crippen molar-refractivity contribution in [1.82, 2.24) is 0 Å². The van der Waals surface area contributed by atoms with Crippen LogP contribution in [0.4, 0.5) is 11.4 Å². The molecule has 0 heterocycles. The van der Waals surface area contributed by atoms with Crippen LogP contribution >= 0.6 is 0 Å². The largest absolute Gasteiger partial charge is 0.379 e. The highest BCUT2D eigenvalue weighted by Crippen LogP contribution is 2.16. The number of nitrogens with zero attached hydrogens (tertiary/aromatic N) is 6. The lowest BCUT2D eigenvalue weighted by molar-refractivity contribution is -0.385. The topological polar surface area (TPSA) is 188 Å². The van der Waals surface area contributed by atoms with Crippen LogP contribution in [-0.2, 0) is 0 Å². The molecular weight excluding hydrogens is 368 g/mol. The summed E-state index contributed by atoms with van der Waals surface area (Å²) in [4.78, 5) is 20.7. The van der Waals surface area contributed by atoms with Gasteiger partial charge < -0.3 is 11.5 Å². The molecule has 0 aliphatic rings. The molecule has 0 saturated carbocycles. The van der Waals surface area contributed by atoms with Crippen molar-refractivity contribution in [2.45, 2.75) is 0 Å². The first-order valence-electron chi connectivity index (χ1n) is 7.60. The van der Waals surface area contributed by atoms with Gasteiger partial charge in [0.15, 0.2) is 11.7 Å². The maximum absolute atomic E-state index is 10.9. The zero-order valence-corrected chi connectivity index (χ0v) is 14.2. The quantitative estimate of drug-likeness (QED) is 0.330. The number of nitrogens with two attached hydrogens (primary N) is 2. The fourth-order valence-corrected chi connectivity index (χ4v) is 1.93. The van der Waals surface area contributed by atoms with Gasteiger partial charge in [-0.05, 0) is 12.1 Å². The highest BCUT2D eigenvalue weighted by molar-refractivity contribution is 6.39. The van der Waals surface area contributed by atoms with E-state index in [1.807, 2.05) is 0 Å². The third-order valence-electron chi connectivity index (χ3n) is 3.25. The number of hydrogen-bond donors (Lipinski definition) is 2. The summed E-state index contributed by atoms with van der Waals surface area (Å²) in [6, 6.07) is 11.9. The van der Waals surface area contributed by atoms with Gasteiger partial charge in [-0.15, -0.1) is 10.2 Å². The second kappa shape index (κ2) is 9.28. The molecule has 2 aromatic rings. The van der Waals surface area contributed by atoms with Gasteiger partial charge in [-0.25, -0.2) is 0 Å². The van der Waals surface area contributed by atoms with Crippen molar-refractivity contribution in [2.75, 3.05) is 0 Å². The van der Waals surface area contributed by atoms with Gasteiger partial charge in [-0.1, -0.05) is 24.3 Å². The van der Waals surface area contributed by atoms with Crippen LogP contribution in [0.15, 0.2) is 68.9 Å². The van der Waals surface area contributed by atoms with Gasteiger partial charge in [0.05, 0.1) is 33.4 Å². The number of nitro groups is 2. The zero-order valence-electron chi connectivity index (χ0n) is 14.2. The van der Waals surface area contributed by atoms with Crippen molar-refractivity contribution in [3.05, 3.63) is 79.9 Å². The smallest absolute Gasteiger partial charge is 0.278 e. The molecule has 0 aliphatic carbocycles. The summed E-state index contributed by atoms with van der Waals surface area (Å²) in [6.07, 6.45) is 2.30. The second-order valence-corrected chi connectivity index (χ2v) is 5.09. The van der Waals surface area contributed by atoms with E-state index < -0.39 is 9.85 Å². The molecule has 0 fully saturated rings. The van der Waals surface area contributed by atoms with Crippen molar-refractivity contribution in [3.63, 3.8) is 0 Å². The molecule has 0 unspecified atom stereocenters. The summed E-state index contributed by atoms with van der Waals surface area (Å²) in [6.45, 7) is 0. The number of benzene rings is 2. The normalized spacial score (nSPS) is 12.6. The molecule has 4 N–H and O–H groups in total. The van der Waals surface area contributed by atoms with Gasteiger partial charge in [-0.3, -0.25) is 20.2 Å². The van der Waals surface area contributed by atoms with Crippen molar-refractivity contribution in [3.8, 4) is 0 Å². The highest BCUT2D eigenvalue weighted by Gasteiger charge is 2.10. The number of hydrogen-bond acceptors (Lipinski definition) is 8. The number of amidine groups is 2. The molecule has 0 bridgehead atoms. The summed E-state index contributed by atoms with van der Waals surface area (Å²) >= 11 is 0. The Kier molecular flexibility index (Phi) is 6.58. The van der Waals surface area contributed by atoms with Gasteiger partial charge in [-0.2, -0.15) is 10.2 Å². The van der Waals surface area contributed by atoms with Crippen LogP contribution in [0.5, 0.6) is 0 Å². The Balaban J connectivity index is 2.13. The van der Waals surface area contributed by atoms with E-state index >= 15 is 0 Å². The molecular formula is C16H14N8O4. The Hall–Kier alpha value is -4.48. The molecule has 0 radical (unpaired) electrons. The molecule has 12 nitrogen and oxygen atoms in total. The molecule has 0 amide bonds. The molecule has 28 heavy (non-hydrogen) atoms. The van der Waals surface area contributed by atoms with Crippen molar-refractivity contribution in [1.29, 1.82) is 0 Å². The van der Waals surface area contributed by atoms with E-state index in [9.17, 15) is 20.2 Å². The predicted molar refractivity (Wildman–Crippen MR) is 105 cm³/mol. The minimum Gasteiger partial charge on any atom is -0.379 e. The molecule has 0 spiro atoms. The first-order valence-corrected chi connectivity index (χ1v) is 7.60. The fraction of sp³-hybridized carbons (Fsp3) is 0. The van der Waals surface area contributed by atoms with Crippen LogP contribution in [0, 0.1) is 20.2 Å². The minimum absolute atomic E-state index is 0.143. The maximum atomic E-state index is 10.9. The molecule has 0 aliphatic heterocycles. The lowest BCUT2D eigenvalue weighted by Crippen LogP contribution is -2.30. The van der Waals surface area contributed by atoms with E-state index in [4.69, 9.17) is 11.5 Å². The van der Waals surface area contributed by atoms with Gasteiger partial charge in [0.1, 0.15) is 0 Å². The van der Waals surface area contributed by atoms with Gasteiger partial charge >= 0.3 is 0 Å². The first-order chi connectivity index (χ1) is 13.4. The zero-order chi connectivity index (χ0) is 20.5. The average Bonchev–Trinajstić information content (AvgIpc) is 2.68. The van der Waals surface area contributed by atoms with Crippen LogP contribution in [0.3, 0.4) is 0 Å². The van der Waals surface area contributed by atoms with Crippen molar-refractivity contribution >= 4 is 35.5 Å². The second-order valence-electron chi connectivity index (χ2n) is 5.09. The standard InChI is InChI=1S/C16H14N8O4/c17-15(21-19-9-11-5-1-3-7-13(11)23(25)26)16(18)22-20-10-12-6-2-4-8-14(12)24(27)28/h1-10H,(H2,17,21)(H2,18,22)/b19-9+,20-10+. The van der Waals surface area contributed by atoms with Crippen LogP contribution in [0.25, 0.3) is 0 Å². The third-order valence-corrected chi connectivity index (χ3v) is 3.25. The van der Waals surface area contributed by atoms with Crippen molar-refractivity contribution < 1.29 is 9.85 Å². The average molecular weight is 382 g/mol. The lowest BCUT2D eigenvalue weighted by Gasteiger charge is -1.96. The Morgan fingerprint density at radius 2 is 1.11 bits per heavy atom. The summed E-state index contributed by atoms with van der Waals surface area (Å²) < 4.78 is 0. The van der Waals surface area contributed by atoms with Gasteiger partial charge in [0, 0.05) is 12.1 Å². The lowest BCUT2D eigenvalue weighted by atomic mass is 10.2. The molecule has 0 saturated heterocycles. The minimum atomic E-state index is -0.554. The number of nitro benzene ring substituents is 2. The molecule has 0 atom stereocenters. The summed E-state index contributed by atoms with van der Waals surface area (Å²) in [5.41, 5.74) is 11.4. The van der Waals surface area contributed by atoms with Crippen LogP contribution in [-0.4, -0.2) is 33.9 Å². The van der Waals surface area contributed by atoms with E-state index in [0.717, 1.165) is 12.4 Å².